The van der Waals surface area contributed by atoms with Crippen molar-refractivity contribution in [2.45, 2.75) is 20.8 Å². The van der Waals surface area contributed by atoms with E-state index in [1.165, 1.54) is 0 Å². The minimum Gasteiger partial charge on any atom is -0.319 e. The van der Waals surface area contributed by atoms with E-state index in [0.717, 1.165) is 4.99 Å². The molecular weight excluding hydrogens is 142 g/mol. The van der Waals surface area contributed by atoms with Crippen LogP contribution in [0.5, 0.6) is 0 Å². The van der Waals surface area contributed by atoms with Crippen molar-refractivity contribution in [3.8, 4) is 0 Å². The van der Waals surface area contributed by atoms with Gasteiger partial charge in [0.1, 0.15) is 0 Å². The van der Waals surface area contributed by atoms with E-state index in [4.69, 9.17) is 12.2 Å². The summed E-state index contributed by atoms with van der Waals surface area (Å²) < 4.78 is 0. The molecule has 0 bridgehead atoms. The van der Waals surface area contributed by atoms with Crippen LogP contribution in [0.15, 0.2) is 24.6 Å². The molecule has 0 amide bonds. The average molecular weight is 155 g/mol. The first-order valence-electron chi connectivity index (χ1n) is 3.27. The Bertz CT molecular complexity index is 147. The third-order valence-corrected chi connectivity index (χ3v) is 1.19. The summed E-state index contributed by atoms with van der Waals surface area (Å²) in [6.07, 6.45) is 7.77. The fourth-order valence-electron chi connectivity index (χ4n) is 0.581. The molecular formula is C8H13NS. The van der Waals surface area contributed by atoms with Crippen LogP contribution in [-0.2, 0) is 0 Å². The maximum Gasteiger partial charge on any atom is 0.0828 e. The maximum atomic E-state index is 4.97. The Labute approximate surface area is 68.0 Å². The summed E-state index contributed by atoms with van der Waals surface area (Å²) >= 11 is 4.97. The van der Waals surface area contributed by atoms with Crippen LogP contribution in [0.3, 0.4) is 0 Å². The van der Waals surface area contributed by atoms with Gasteiger partial charge in [0.2, 0.25) is 0 Å². The van der Waals surface area contributed by atoms with Crippen LogP contribution in [0.4, 0.5) is 0 Å². The van der Waals surface area contributed by atoms with E-state index in [-0.39, 0.29) is 0 Å². The summed E-state index contributed by atoms with van der Waals surface area (Å²) in [4.78, 5) is 2.76. The second kappa shape index (κ2) is 5.18. The summed E-state index contributed by atoms with van der Waals surface area (Å²) in [5, 5.41) is 0. The molecule has 10 heavy (non-hydrogen) atoms. The first kappa shape index (κ1) is 9.37. The Morgan fingerprint density at radius 1 is 1.20 bits per heavy atom. The van der Waals surface area contributed by atoms with Gasteiger partial charge >= 0.3 is 0 Å². The predicted octanol–water partition coefficient (Wildman–Crippen LogP) is 2.70. The molecule has 0 aliphatic heterocycles. The number of thiocarbonyl (C=S) groups is 1. The van der Waals surface area contributed by atoms with E-state index in [1.54, 1.807) is 0 Å². The molecule has 0 unspecified atom stereocenters. The van der Waals surface area contributed by atoms with E-state index in [1.807, 2.05) is 50.2 Å². The summed E-state index contributed by atoms with van der Waals surface area (Å²) in [6.45, 7) is 5.83. The monoisotopic (exact) mass is 155 g/mol. The Morgan fingerprint density at radius 3 is 1.80 bits per heavy atom. The van der Waals surface area contributed by atoms with E-state index in [0.29, 0.717) is 0 Å². The van der Waals surface area contributed by atoms with Gasteiger partial charge in [-0.25, -0.2) is 0 Å². The van der Waals surface area contributed by atoms with Crippen molar-refractivity contribution in [2.24, 2.45) is 0 Å². The molecule has 0 aliphatic carbocycles. The lowest BCUT2D eigenvalue weighted by Crippen LogP contribution is -2.13. The van der Waals surface area contributed by atoms with Gasteiger partial charge in [-0.3, -0.25) is 0 Å². The van der Waals surface area contributed by atoms with Crippen molar-refractivity contribution in [3.63, 3.8) is 0 Å². The topological polar surface area (TPSA) is 3.24 Å². The largest absolute Gasteiger partial charge is 0.319 e. The van der Waals surface area contributed by atoms with Gasteiger partial charge in [-0.1, -0.05) is 24.4 Å². The number of rotatable bonds is 2. The fourth-order valence-corrected chi connectivity index (χ4v) is 0.703. The van der Waals surface area contributed by atoms with Crippen molar-refractivity contribution in [3.05, 3.63) is 24.6 Å². The second-order valence-corrected chi connectivity index (χ2v) is 2.48. The zero-order valence-electron chi connectivity index (χ0n) is 6.66. The molecule has 0 saturated carbocycles. The maximum absolute atomic E-state index is 4.97. The molecule has 0 aromatic heterocycles. The van der Waals surface area contributed by atoms with Gasteiger partial charge in [0.25, 0.3) is 0 Å². The molecule has 1 nitrogen and oxygen atoms in total. The number of allylic oxidation sites excluding steroid dienone is 2. The van der Waals surface area contributed by atoms with Crippen LogP contribution >= 0.6 is 12.2 Å². The lowest BCUT2D eigenvalue weighted by molar-refractivity contribution is 0.767. The molecule has 0 rings (SSSR count). The van der Waals surface area contributed by atoms with Crippen LogP contribution < -0.4 is 0 Å². The Morgan fingerprint density at radius 2 is 1.60 bits per heavy atom. The first-order valence-corrected chi connectivity index (χ1v) is 3.67. The van der Waals surface area contributed by atoms with Gasteiger partial charge < -0.3 is 4.90 Å². The molecule has 0 aromatic rings. The van der Waals surface area contributed by atoms with Crippen molar-refractivity contribution in [1.29, 1.82) is 0 Å². The zero-order valence-corrected chi connectivity index (χ0v) is 7.48. The standard InChI is InChI=1S/C8H13NS/c1-4-6-9(7-5-2)8(3)10/h4-7H,1-3H3/b6-4-,7-5-. The van der Waals surface area contributed by atoms with E-state index < -0.39 is 0 Å². The van der Waals surface area contributed by atoms with E-state index in [9.17, 15) is 0 Å². The summed E-state index contributed by atoms with van der Waals surface area (Å²) in [5.41, 5.74) is 0. The number of hydrogen-bond donors (Lipinski definition) is 0. The van der Waals surface area contributed by atoms with Crippen molar-refractivity contribution < 1.29 is 0 Å². The summed E-state index contributed by atoms with van der Waals surface area (Å²) in [7, 11) is 0. The normalized spacial score (nSPS) is 11.1. The molecule has 0 heterocycles. The molecule has 0 aromatic carbocycles. The highest BCUT2D eigenvalue weighted by Gasteiger charge is 1.91. The molecule has 56 valence electrons. The van der Waals surface area contributed by atoms with Crippen LogP contribution in [0.1, 0.15) is 20.8 Å². The number of hydrogen-bond acceptors (Lipinski definition) is 1. The molecule has 0 radical (unpaired) electrons. The fraction of sp³-hybridized carbons (Fsp3) is 0.375. The second-order valence-electron chi connectivity index (χ2n) is 1.89. The van der Waals surface area contributed by atoms with Crippen LogP contribution in [0, 0.1) is 0 Å². The lowest BCUT2D eigenvalue weighted by atomic mass is 10.5. The highest BCUT2D eigenvalue weighted by molar-refractivity contribution is 7.80. The summed E-state index contributed by atoms with van der Waals surface area (Å²) in [5.74, 6) is 0. The third-order valence-electron chi connectivity index (χ3n) is 0.983. The highest BCUT2D eigenvalue weighted by atomic mass is 32.1. The molecule has 2 heteroatoms. The first-order chi connectivity index (χ1) is 4.72. The molecule has 0 spiro atoms. The molecule has 0 fully saturated rings. The van der Waals surface area contributed by atoms with E-state index >= 15 is 0 Å². The van der Waals surface area contributed by atoms with Gasteiger partial charge in [-0.05, 0) is 20.8 Å². The Hall–Kier alpha value is -0.630. The average Bonchev–Trinajstić information content (AvgIpc) is 1.87. The lowest BCUT2D eigenvalue weighted by Gasteiger charge is -2.11. The quantitative estimate of drug-likeness (QED) is 0.564. The minimum atomic E-state index is 0.858. The van der Waals surface area contributed by atoms with Crippen LogP contribution in [-0.4, -0.2) is 9.89 Å². The van der Waals surface area contributed by atoms with Gasteiger partial charge in [0.15, 0.2) is 0 Å². The van der Waals surface area contributed by atoms with Gasteiger partial charge in [0, 0.05) is 12.4 Å². The predicted molar refractivity (Wildman–Crippen MR) is 49.7 cm³/mol. The van der Waals surface area contributed by atoms with E-state index in [2.05, 4.69) is 0 Å². The summed E-state index contributed by atoms with van der Waals surface area (Å²) in [6, 6.07) is 0. The van der Waals surface area contributed by atoms with Crippen LogP contribution in [0.2, 0.25) is 0 Å². The smallest absolute Gasteiger partial charge is 0.0828 e. The molecule has 0 aliphatic rings. The van der Waals surface area contributed by atoms with Gasteiger partial charge in [-0.2, -0.15) is 0 Å². The van der Waals surface area contributed by atoms with Crippen LogP contribution in [0.25, 0.3) is 0 Å². The Kier molecular flexibility index (Phi) is 4.85. The third kappa shape index (κ3) is 3.41. The number of nitrogens with zero attached hydrogens (tertiary/aromatic N) is 1. The SMILES string of the molecule is C/C=C\N(/C=C\C)C(C)=S. The molecule has 0 saturated heterocycles. The van der Waals surface area contributed by atoms with Gasteiger partial charge in [-0.15, -0.1) is 0 Å². The highest BCUT2D eigenvalue weighted by Crippen LogP contribution is 1.94. The Balaban J connectivity index is 4.11. The molecule has 0 atom stereocenters. The van der Waals surface area contributed by atoms with Crippen molar-refractivity contribution in [1.82, 2.24) is 4.90 Å². The van der Waals surface area contributed by atoms with Crippen molar-refractivity contribution in [2.75, 3.05) is 0 Å². The minimum absolute atomic E-state index is 0.858. The van der Waals surface area contributed by atoms with Crippen molar-refractivity contribution >= 4 is 17.2 Å². The zero-order chi connectivity index (χ0) is 7.98. The van der Waals surface area contributed by atoms with Gasteiger partial charge in [0.05, 0.1) is 4.99 Å². The molecule has 0 N–H and O–H groups in total.